The number of hydroxylamine groups is 2. The molecule has 2 aromatic rings. The van der Waals surface area contributed by atoms with Crippen molar-refractivity contribution >= 4 is 30.2 Å². The van der Waals surface area contributed by atoms with Crippen molar-refractivity contribution in [2.75, 3.05) is 6.54 Å². The van der Waals surface area contributed by atoms with Gasteiger partial charge in [-0.05, 0) is 42.7 Å². The first kappa shape index (κ1) is 32.7. The number of carbonyl (C=O) groups excluding carboxylic acids is 4. The summed E-state index contributed by atoms with van der Waals surface area (Å²) in [6, 6.07) is 14.7. The van der Waals surface area contributed by atoms with E-state index in [0.717, 1.165) is 21.8 Å². The highest BCUT2D eigenvalue weighted by Crippen LogP contribution is 2.22. The number of ether oxygens (including phenoxy) is 1. The molecule has 44 heavy (non-hydrogen) atoms. The number of aryl methyl sites for hydroxylation is 1. The fourth-order valence-corrected chi connectivity index (χ4v) is 5.35. The summed E-state index contributed by atoms with van der Waals surface area (Å²) in [5.74, 6) is -1.74. The van der Waals surface area contributed by atoms with Gasteiger partial charge in [-0.1, -0.05) is 87.9 Å². The van der Waals surface area contributed by atoms with Gasteiger partial charge >= 0.3 is 6.09 Å². The van der Waals surface area contributed by atoms with Gasteiger partial charge in [0.1, 0.15) is 31.1 Å². The Labute approximate surface area is 258 Å². The monoisotopic (exact) mass is 605 g/mol. The Balaban J connectivity index is 1.35. The number of hydrogen-bond donors (Lipinski definition) is 2. The first-order chi connectivity index (χ1) is 21.0. The second-order valence-electron chi connectivity index (χ2n) is 12.0. The third-order valence-electron chi connectivity index (χ3n) is 7.77. The number of nitrogens with one attached hydrogen (secondary N) is 2. The number of aliphatic imine (C=N–C) groups is 1. The maximum atomic E-state index is 13.6. The minimum absolute atomic E-state index is 0.0726. The lowest BCUT2D eigenvalue weighted by atomic mass is 10.0. The summed E-state index contributed by atoms with van der Waals surface area (Å²) in [4.78, 5) is 64.8. The molecule has 1 fully saturated rings. The van der Waals surface area contributed by atoms with Crippen LogP contribution in [0.25, 0.3) is 0 Å². The second-order valence-corrected chi connectivity index (χ2v) is 12.0. The van der Waals surface area contributed by atoms with E-state index in [4.69, 9.17) is 9.57 Å². The molecule has 1 saturated heterocycles. The van der Waals surface area contributed by atoms with E-state index in [1.165, 1.54) is 11.2 Å². The van der Waals surface area contributed by atoms with Gasteiger partial charge in [0.2, 0.25) is 11.8 Å². The van der Waals surface area contributed by atoms with Gasteiger partial charge in [-0.25, -0.2) is 14.6 Å². The van der Waals surface area contributed by atoms with Gasteiger partial charge in [-0.15, -0.1) is 0 Å². The molecule has 0 bridgehead atoms. The van der Waals surface area contributed by atoms with Crippen LogP contribution >= 0.6 is 0 Å². The van der Waals surface area contributed by atoms with Gasteiger partial charge in [0, 0.05) is 13.0 Å². The summed E-state index contributed by atoms with van der Waals surface area (Å²) in [7, 11) is 0. The fraction of sp³-hybridized carbons (Fsp3) is 0.485. The summed E-state index contributed by atoms with van der Waals surface area (Å²) >= 11 is 0. The lowest BCUT2D eigenvalue weighted by molar-refractivity contribution is -0.171. The molecule has 0 saturated carbocycles. The Kier molecular flexibility index (Phi) is 11.1. The van der Waals surface area contributed by atoms with Crippen molar-refractivity contribution in [1.29, 1.82) is 0 Å². The summed E-state index contributed by atoms with van der Waals surface area (Å²) in [6.07, 6.45) is 1.67. The van der Waals surface area contributed by atoms with Crippen LogP contribution in [-0.2, 0) is 37.0 Å². The Hall–Kier alpha value is -4.25. The minimum atomic E-state index is -0.892. The molecule has 0 spiro atoms. The van der Waals surface area contributed by atoms with E-state index in [1.54, 1.807) is 0 Å². The molecule has 0 radical (unpaired) electrons. The summed E-state index contributed by atoms with van der Waals surface area (Å²) in [5.41, 5.74) is 2.99. The van der Waals surface area contributed by atoms with E-state index in [-0.39, 0.29) is 24.3 Å². The van der Waals surface area contributed by atoms with Gasteiger partial charge in [-0.3, -0.25) is 14.4 Å². The van der Waals surface area contributed by atoms with Gasteiger partial charge in [-0.2, -0.15) is 5.06 Å². The number of nitrogens with zero attached hydrogens (tertiary/aromatic N) is 3. The average molecular weight is 606 g/mol. The Bertz CT molecular complexity index is 1350. The predicted octanol–water partition coefficient (Wildman–Crippen LogP) is 3.75. The van der Waals surface area contributed by atoms with Crippen LogP contribution in [0.1, 0.15) is 57.2 Å². The molecule has 2 N–H and O–H groups in total. The first-order valence-electron chi connectivity index (χ1n) is 15.2. The molecule has 4 rings (SSSR count). The highest BCUT2D eigenvalue weighted by Gasteiger charge is 2.41. The molecular weight excluding hydrogens is 562 g/mol. The van der Waals surface area contributed by atoms with E-state index in [2.05, 4.69) is 15.6 Å². The summed E-state index contributed by atoms with van der Waals surface area (Å²) in [5, 5.41) is 6.63. The quantitative estimate of drug-likeness (QED) is 0.402. The average Bonchev–Trinajstić information content (AvgIpc) is 3.67. The molecule has 2 heterocycles. The summed E-state index contributed by atoms with van der Waals surface area (Å²) in [6.45, 7) is 9.75. The van der Waals surface area contributed by atoms with Crippen molar-refractivity contribution in [2.45, 2.75) is 84.8 Å². The molecule has 4 amide bonds. The van der Waals surface area contributed by atoms with E-state index in [9.17, 15) is 19.2 Å². The molecular formula is C33H43N5O6. The molecule has 2 aliphatic heterocycles. The second kappa shape index (κ2) is 15.0. The predicted molar refractivity (Wildman–Crippen MR) is 165 cm³/mol. The fourth-order valence-electron chi connectivity index (χ4n) is 5.35. The highest BCUT2D eigenvalue weighted by atomic mass is 16.7. The van der Waals surface area contributed by atoms with E-state index in [1.807, 2.05) is 89.2 Å². The first-order valence-corrected chi connectivity index (χ1v) is 15.2. The van der Waals surface area contributed by atoms with E-state index < -0.39 is 42.3 Å². The number of alkyl carbamates (subject to hydrolysis) is 1. The van der Waals surface area contributed by atoms with Crippen molar-refractivity contribution in [3.8, 4) is 0 Å². The van der Waals surface area contributed by atoms with Crippen LogP contribution in [0.3, 0.4) is 0 Å². The van der Waals surface area contributed by atoms with Crippen LogP contribution in [0.4, 0.5) is 4.79 Å². The standard InChI is InChI=1S/C33H43N5O6/c1-21(2)28(36-33(42)43-19-24-12-7-6-8-13-24)31(40)37-16-10-15-26(37)30(39)35-29(22(3)4)32(41)38-20-34-27(44-38)18-25-14-9-11-23(5)17-25/h6-9,11-14,17,20-22,26-29H,10,15-16,18-19H2,1-5H3,(H,35,39)(H,36,42)/t26-,27?,28-,29?/m0/s1. The zero-order valence-corrected chi connectivity index (χ0v) is 26.1. The topological polar surface area (TPSA) is 130 Å². The molecule has 0 aliphatic carbocycles. The third kappa shape index (κ3) is 8.43. The molecule has 2 unspecified atom stereocenters. The highest BCUT2D eigenvalue weighted by molar-refractivity contribution is 5.96. The molecule has 11 nitrogen and oxygen atoms in total. The van der Waals surface area contributed by atoms with Crippen molar-refractivity contribution in [2.24, 2.45) is 16.8 Å². The Morgan fingerprint density at radius 2 is 1.61 bits per heavy atom. The molecule has 0 aromatic heterocycles. The van der Waals surface area contributed by atoms with Crippen LogP contribution in [-0.4, -0.2) is 71.0 Å². The van der Waals surface area contributed by atoms with Crippen molar-refractivity contribution in [1.82, 2.24) is 20.6 Å². The van der Waals surface area contributed by atoms with Crippen LogP contribution in [0, 0.1) is 18.8 Å². The maximum Gasteiger partial charge on any atom is 0.408 e. The lowest BCUT2D eigenvalue weighted by Crippen LogP contribution is -2.58. The van der Waals surface area contributed by atoms with Crippen LogP contribution < -0.4 is 10.6 Å². The molecule has 2 aliphatic rings. The zero-order chi connectivity index (χ0) is 31.8. The van der Waals surface area contributed by atoms with Gasteiger partial charge in [0.05, 0.1) is 0 Å². The number of hydrogen-bond acceptors (Lipinski definition) is 7. The van der Waals surface area contributed by atoms with Crippen molar-refractivity contribution in [3.63, 3.8) is 0 Å². The number of likely N-dealkylation sites (tertiary alicyclic amines) is 1. The number of benzene rings is 2. The summed E-state index contributed by atoms with van der Waals surface area (Å²) < 4.78 is 5.33. The third-order valence-corrected chi connectivity index (χ3v) is 7.77. The van der Waals surface area contributed by atoms with Crippen molar-refractivity contribution in [3.05, 3.63) is 71.3 Å². The number of rotatable bonds is 11. The molecule has 236 valence electrons. The number of carbonyl (C=O) groups is 4. The van der Waals surface area contributed by atoms with Crippen LogP contribution in [0.5, 0.6) is 0 Å². The van der Waals surface area contributed by atoms with Gasteiger partial charge < -0.3 is 20.3 Å². The van der Waals surface area contributed by atoms with Gasteiger partial charge in [0.15, 0.2) is 6.23 Å². The van der Waals surface area contributed by atoms with Gasteiger partial charge in [0.25, 0.3) is 5.91 Å². The van der Waals surface area contributed by atoms with Crippen LogP contribution in [0.2, 0.25) is 0 Å². The van der Waals surface area contributed by atoms with E-state index >= 15 is 0 Å². The SMILES string of the molecule is Cc1cccc(CC2N=CN(C(=O)C(NC(=O)[C@@H]3CCCN3C(=O)[C@@H](NC(=O)OCc3ccccc3)C(C)C)C(C)C)O2)c1. The van der Waals surface area contributed by atoms with Crippen LogP contribution in [0.15, 0.2) is 59.6 Å². The smallest absolute Gasteiger partial charge is 0.408 e. The van der Waals surface area contributed by atoms with E-state index in [0.29, 0.717) is 25.8 Å². The lowest BCUT2D eigenvalue weighted by Gasteiger charge is -2.32. The largest absolute Gasteiger partial charge is 0.445 e. The van der Waals surface area contributed by atoms with Crippen molar-refractivity contribution < 1.29 is 28.8 Å². The molecule has 2 aromatic carbocycles. The maximum absolute atomic E-state index is 13.6. The molecule has 4 atom stereocenters. The minimum Gasteiger partial charge on any atom is -0.445 e. The zero-order valence-electron chi connectivity index (χ0n) is 26.1. The number of amides is 4. The normalized spacial score (nSPS) is 19.2. The Morgan fingerprint density at radius 3 is 2.30 bits per heavy atom. The Morgan fingerprint density at radius 1 is 0.932 bits per heavy atom. The molecule has 11 heteroatoms.